The summed E-state index contributed by atoms with van der Waals surface area (Å²) in [6, 6.07) is 23.6. The molecule has 1 nitrogen and oxygen atoms in total. The maximum absolute atomic E-state index is 5.75. The predicted octanol–water partition coefficient (Wildman–Crippen LogP) is 5.89. The minimum atomic E-state index is 0.960. The minimum absolute atomic E-state index is 0.960. The van der Waals surface area contributed by atoms with Gasteiger partial charge in [-0.1, -0.05) is 42.5 Å². The number of benzene rings is 3. The van der Waals surface area contributed by atoms with Crippen LogP contribution in [0.2, 0.25) is 0 Å². The standard InChI is InChI=1S/C20H12O/c1-2-6-15-14(4-1)12-19-16(15)9-10-18-17(19)8-7-13-5-3-11-21-20(13)18/h1-12H. The third-order valence-electron chi connectivity index (χ3n) is 4.31. The van der Waals surface area contributed by atoms with Crippen molar-refractivity contribution >= 4 is 43.3 Å². The number of hydrogen-bond donors (Lipinski definition) is 0. The smallest absolute Gasteiger partial charge is 0.141 e. The summed E-state index contributed by atoms with van der Waals surface area (Å²) in [5, 5.41) is 8.80. The van der Waals surface area contributed by atoms with Gasteiger partial charge in [-0.05, 0) is 51.2 Å². The lowest BCUT2D eigenvalue weighted by atomic mass is 10.0. The molecule has 0 bridgehead atoms. The molecular formula is C20H12O. The van der Waals surface area contributed by atoms with Crippen molar-refractivity contribution in [3.8, 4) is 0 Å². The van der Waals surface area contributed by atoms with Crippen molar-refractivity contribution in [1.82, 2.24) is 0 Å². The first kappa shape index (κ1) is 10.9. The minimum Gasteiger partial charge on any atom is -0.464 e. The molecule has 0 amide bonds. The van der Waals surface area contributed by atoms with Crippen LogP contribution in [-0.4, -0.2) is 0 Å². The molecule has 0 unspecified atom stereocenters. The zero-order valence-electron chi connectivity index (χ0n) is 11.3. The van der Waals surface area contributed by atoms with E-state index in [1.54, 1.807) is 6.26 Å². The van der Waals surface area contributed by atoms with E-state index in [9.17, 15) is 0 Å². The molecule has 0 saturated heterocycles. The molecule has 1 heterocycles. The van der Waals surface area contributed by atoms with E-state index >= 15 is 0 Å². The summed E-state index contributed by atoms with van der Waals surface area (Å²) >= 11 is 0. The van der Waals surface area contributed by atoms with Crippen LogP contribution in [0.4, 0.5) is 0 Å². The van der Waals surface area contributed by atoms with Gasteiger partial charge in [-0.25, -0.2) is 0 Å². The summed E-state index contributed by atoms with van der Waals surface area (Å²) in [4.78, 5) is 0. The molecule has 0 aliphatic carbocycles. The third-order valence-corrected chi connectivity index (χ3v) is 4.31. The zero-order chi connectivity index (χ0) is 13.8. The van der Waals surface area contributed by atoms with Gasteiger partial charge in [-0.2, -0.15) is 0 Å². The van der Waals surface area contributed by atoms with Crippen LogP contribution >= 0.6 is 0 Å². The monoisotopic (exact) mass is 268 g/mol. The van der Waals surface area contributed by atoms with Gasteiger partial charge >= 0.3 is 0 Å². The lowest BCUT2D eigenvalue weighted by molar-refractivity contribution is 0.607. The number of fused-ring (bicyclic) bond motifs is 7. The number of hydrogen-bond acceptors (Lipinski definition) is 1. The van der Waals surface area contributed by atoms with Crippen molar-refractivity contribution < 1.29 is 4.42 Å². The molecule has 0 radical (unpaired) electrons. The van der Waals surface area contributed by atoms with Gasteiger partial charge < -0.3 is 4.42 Å². The average Bonchev–Trinajstić information content (AvgIpc) is 2.93. The fraction of sp³-hybridized carbons (Fsp3) is 0. The highest BCUT2D eigenvalue weighted by Gasteiger charge is 2.09. The molecule has 0 spiro atoms. The SMILES string of the molecule is c1ccc2c(c1)cc1c2ccc2c1ccc1cccoc12. The first-order valence-corrected chi connectivity index (χ1v) is 7.12. The first-order chi connectivity index (χ1) is 10.4. The Morgan fingerprint density at radius 1 is 0.524 bits per heavy atom. The van der Waals surface area contributed by atoms with E-state index in [1.165, 1.54) is 32.3 Å². The summed E-state index contributed by atoms with van der Waals surface area (Å²) < 4.78 is 5.75. The van der Waals surface area contributed by atoms with Gasteiger partial charge in [0.05, 0.1) is 6.26 Å². The highest BCUT2D eigenvalue weighted by Crippen LogP contribution is 2.36. The normalized spacial score (nSPS) is 11.8. The summed E-state index contributed by atoms with van der Waals surface area (Å²) in [6.45, 7) is 0. The Labute approximate surface area is 121 Å². The van der Waals surface area contributed by atoms with Gasteiger partial charge in [0.25, 0.3) is 0 Å². The summed E-state index contributed by atoms with van der Waals surface area (Å²) in [7, 11) is 0. The molecule has 0 fully saturated rings. The molecule has 5 rings (SSSR count). The van der Waals surface area contributed by atoms with Gasteiger partial charge in [0, 0.05) is 10.8 Å². The van der Waals surface area contributed by atoms with Crippen LogP contribution in [0.3, 0.4) is 0 Å². The molecule has 0 atom stereocenters. The topological polar surface area (TPSA) is 13.1 Å². The largest absolute Gasteiger partial charge is 0.464 e. The van der Waals surface area contributed by atoms with Crippen LogP contribution in [0.5, 0.6) is 0 Å². The van der Waals surface area contributed by atoms with Crippen LogP contribution in [0.15, 0.2) is 77.4 Å². The Balaban J connectivity index is 2.07. The molecule has 21 heavy (non-hydrogen) atoms. The molecule has 98 valence electrons. The summed E-state index contributed by atoms with van der Waals surface area (Å²) in [6.07, 6.45) is 1.74. The van der Waals surface area contributed by atoms with Crippen molar-refractivity contribution in [3.05, 3.63) is 73.0 Å². The van der Waals surface area contributed by atoms with Crippen molar-refractivity contribution in [2.45, 2.75) is 0 Å². The highest BCUT2D eigenvalue weighted by molar-refractivity contribution is 6.23. The van der Waals surface area contributed by atoms with E-state index in [1.807, 2.05) is 6.07 Å². The fourth-order valence-corrected chi connectivity index (χ4v) is 3.35. The molecule has 0 aliphatic heterocycles. The average molecular weight is 268 g/mol. The second kappa shape index (κ2) is 3.86. The Kier molecular flexibility index (Phi) is 2.01. The van der Waals surface area contributed by atoms with Crippen molar-refractivity contribution in [3.63, 3.8) is 0 Å². The quantitative estimate of drug-likeness (QED) is 0.319. The van der Waals surface area contributed by atoms with Gasteiger partial charge in [-0.3, -0.25) is 0 Å². The molecule has 4 aromatic carbocycles. The van der Waals surface area contributed by atoms with Crippen LogP contribution in [0, 0.1) is 0 Å². The van der Waals surface area contributed by atoms with E-state index in [0.29, 0.717) is 0 Å². The molecule has 0 aliphatic rings. The molecule has 1 heteroatoms. The number of rotatable bonds is 0. The predicted molar refractivity (Wildman–Crippen MR) is 88.7 cm³/mol. The van der Waals surface area contributed by atoms with Crippen molar-refractivity contribution in [2.24, 2.45) is 0 Å². The van der Waals surface area contributed by atoms with Crippen LogP contribution in [0.1, 0.15) is 0 Å². The lowest BCUT2D eigenvalue weighted by Crippen LogP contribution is -1.78. The van der Waals surface area contributed by atoms with Gasteiger partial charge in [-0.15, -0.1) is 0 Å². The second-order valence-electron chi connectivity index (χ2n) is 5.45. The Bertz CT molecular complexity index is 1130. The van der Waals surface area contributed by atoms with E-state index in [4.69, 9.17) is 4.42 Å². The van der Waals surface area contributed by atoms with Gasteiger partial charge in [0.1, 0.15) is 5.58 Å². The van der Waals surface area contributed by atoms with E-state index in [0.717, 1.165) is 11.0 Å². The molecule has 0 saturated carbocycles. The van der Waals surface area contributed by atoms with Crippen LogP contribution in [0.25, 0.3) is 43.3 Å². The Morgan fingerprint density at radius 3 is 2.29 bits per heavy atom. The fourth-order valence-electron chi connectivity index (χ4n) is 3.35. The molecular weight excluding hydrogens is 256 g/mol. The van der Waals surface area contributed by atoms with E-state index in [-0.39, 0.29) is 0 Å². The Hall–Kier alpha value is -2.80. The van der Waals surface area contributed by atoms with E-state index < -0.39 is 0 Å². The molecule has 1 aromatic heterocycles. The molecule has 0 N–H and O–H groups in total. The first-order valence-electron chi connectivity index (χ1n) is 7.12. The second-order valence-corrected chi connectivity index (χ2v) is 5.45. The summed E-state index contributed by atoms with van der Waals surface area (Å²) in [5.41, 5.74) is 0.960. The Morgan fingerprint density at radius 2 is 1.29 bits per heavy atom. The maximum atomic E-state index is 5.75. The van der Waals surface area contributed by atoms with Crippen molar-refractivity contribution in [1.29, 1.82) is 0 Å². The van der Waals surface area contributed by atoms with Crippen LogP contribution in [-0.2, 0) is 0 Å². The van der Waals surface area contributed by atoms with Gasteiger partial charge in [0.15, 0.2) is 0 Å². The third kappa shape index (κ3) is 1.40. The van der Waals surface area contributed by atoms with Crippen LogP contribution < -0.4 is 0 Å². The van der Waals surface area contributed by atoms with Crippen molar-refractivity contribution in [2.75, 3.05) is 0 Å². The highest BCUT2D eigenvalue weighted by atomic mass is 16.3. The van der Waals surface area contributed by atoms with Gasteiger partial charge in [0.2, 0.25) is 0 Å². The lowest BCUT2D eigenvalue weighted by Gasteiger charge is -2.04. The summed E-state index contributed by atoms with van der Waals surface area (Å²) in [5.74, 6) is 0. The maximum Gasteiger partial charge on any atom is 0.141 e. The molecule has 5 aromatic rings. The van der Waals surface area contributed by atoms with E-state index in [2.05, 4.69) is 60.7 Å². The zero-order valence-corrected chi connectivity index (χ0v) is 11.3.